The summed E-state index contributed by atoms with van der Waals surface area (Å²) in [7, 11) is 0. The molecule has 0 spiro atoms. The lowest BCUT2D eigenvalue weighted by Crippen LogP contribution is -1.90. The summed E-state index contributed by atoms with van der Waals surface area (Å²) in [5.74, 6) is 0.0584. The van der Waals surface area contributed by atoms with Crippen molar-refractivity contribution in [3.8, 4) is 11.1 Å². The third kappa shape index (κ3) is 16.1. The Morgan fingerprint density at radius 1 is 0.480 bits per heavy atom. The number of hydrogen-bond acceptors (Lipinski definition) is 6. The van der Waals surface area contributed by atoms with Crippen molar-refractivity contribution in [1.82, 2.24) is 24.9 Å². The van der Waals surface area contributed by atoms with Crippen LogP contribution in [-0.2, 0) is 6.42 Å². The number of benzene rings is 2. The van der Waals surface area contributed by atoms with E-state index >= 15 is 0 Å². The molecule has 0 saturated heterocycles. The van der Waals surface area contributed by atoms with Crippen LogP contribution in [0.15, 0.2) is 171 Å². The summed E-state index contributed by atoms with van der Waals surface area (Å²) < 4.78 is 0. The first-order valence-electron chi connectivity index (χ1n) is 16.4. The van der Waals surface area contributed by atoms with Gasteiger partial charge in [0.15, 0.2) is 5.78 Å². The van der Waals surface area contributed by atoms with Gasteiger partial charge in [0, 0.05) is 66.5 Å². The fourth-order valence-corrected chi connectivity index (χ4v) is 4.46. The minimum absolute atomic E-state index is 0.0584. The summed E-state index contributed by atoms with van der Waals surface area (Å²) in [6.07, 6.45) is 15.2. The van der Waals surface area contributed by atoms with Crippen LogP contribution in [0.1, 0.15) is 50.9 Å². The lowest BCUT2D eigenvalue weighted by Gasteiger charge is -1.99. The van der Waals surface area contributed by atoms with E-state index in [0.717, 1.165) is 17.8 Å². The maximum Gasteiger partial charge on any atom is 0.161 e. The Morgan fingerprint density at radius 2 is 1.00 bits per heavy atom. The largest absolute Gasteiger partial charge is 0.294 e. The number of nitrogens with zero attached hydrogens (tertiary/aromatic N) is 5. The first-order valence-corrected chi connectivity index (χ1v) is 16.4. The molecule has 0 atom stereocenters. The van der Waals surface area contributed by atoms with E-state index in [-0.39, 0.29) is 5.78 Å². The molecule has 0 unspecified atom stereocenters. The number of aryl methyl sites for hydroxylation is 4. The predicted molar refractivity (Wildman–Crippen MR) is 205 cm³/mol. The molecule has 0 radical (unpaired) electrons. The van der Waals surface area contributed by atoms with E-state index in [0.29, 0.717) is 5.56 Å². The van der Waals surface area contributed by atoms with Crippen LogP contribution in [0.3, 0.4) is 0 Å². The number of ketones is 1. The van der Waals surface area contributed by atoms with Crippen molar-refractivity contribution in [2.24, 2.45) is 0 Å². The molecule has 5 aromatic heterocycles. The second-order valence-electron chi connectivity index (χ2n) is 11.4. The van der Waals surface area contributed by atoms with E-state index in [4.69, 9.17) is 0 Å². The van der Waals surface area contributed by atoms with Crippen molar-refractivity contribution in [3.63, 3.8) is 0 Å². The predicted octanol–water partition coefficient (Wildman–Crippen LogP) is 10.1. The van der Waals surface area contributed by atoms with Crippen molar-refractivity contribution >= 4 is 5.78 Å². The maximum absolute atomic E-state index is 10.6. The third-order valence-corrected chi connectivity index (χ3v) is 6.90. The SMILES string of the molecule is CC(=O)c1cccnc1.Cc1cccc(C)n1.Cc1cncc(C)c1.c1ccc(-c2ccncc2)cc1.c1ccc(Cc2ccncc2)cc1. The lowest BCUT2D eigenvalue weighted by molar-refractivity contribution is 0.101. The second-order valence-corrected chi connectivity index (χ2v) is 11.4. The summed E-state index contributed by atoms with van der Waals surface area (Å²) in [6, 6.07) is 40.4. The fraction of sp³-hybridized carbons (Fsp3) is 0.136. The van der Waals surface area contributed by atoms with Crippen molar-refractivity contribution in [2.45, 2.75) is 41.0 Å². The zero-order valence-electron chi connectivity index (χ0n) is 29.5. The molecular formula is C44H45N5O. The molecule has 252 valence electrons. The van der Waals surface area contributed by atoms with Crippen molar-refractivity contribution in [1.29, 1.82) is 0 Å². The number of aromatic nitrogens is 5. The molecule has 7 aromatic rings. The first-order chi connectivity index (χ1) is 24.3. The number of carbonyl (C=O) groups excluding carboxylic acids is 1. The Hall–Kier alpha value is -6.14. The average Bonchev–Trinajstić information content (AvgIpc) is 3.15. The number of pyridine rings is 5. The molecule has 0 bridgehead atoms. The van der Waals surface area contributed by atoms with E-state index in [9.17, 15) is 4.79 Å². The number of carbonyl (C=O) groups is 1. The summed E-state index contributed by atoms with van der Waals surface area (Å²) in [4.78, 5) is 30.5. The number of Topliss-reactive ketones (excluding diaryl/α,β-unsaturated/α-hetero) is 1. The molecule has 0 aliphatic rings. The van der Waals surface area contributed by atoms with Crippen LogP contribution in [0.5, 0.6) is 0 Å². The zero-order valence-corrected chi connectivity index (χ0v) is 29.5. The standard InChI is InChI=1S/C12H11N.C11H9N.C7H7NO.2C7H9N/c1-2-4-11(5-3-1)10-12-6-8-13-9-7-12;1-2-4-10(5-3-1)11-6-8-12-9-7-11;1-6(9)7-3-2-4-8-5-7;1-6-3-7(2)5-8-4-6;1-6-4-3-5-7(2)8-6/h1-9H,10H2;1-9H;2-5H,1H3;2*3-5H,1-2H3. The Morgan fingerprint density at radius 3 is 1.44 bits per heavy atom. The molecule has 0 saturated carbocycles. The van der Waals surface area contributed by atoms with Crippen LogP contribution < -0.4 is 0 Å². The summed E-state index contributed by atoms with van der Waals surface area (Å²) in [6.45, 7) is 9.59. The second kappa shape index (κ2) is 22.4. The Balaban J connectivity index is 0.000000172. The molecule has 5 heterocycles. The molecule has 0 N–H and O–H groups in total. The van der Waals surface area contributed by atoms with Gasteiger partial charge in [0.2, 0.25) is 0 Å². The van der Waals surface area contributed by atoms with Gasteiger partial charge in [-0.3, -0.25) is 29.7 Å². The van der Waals surface area contributed by atoms with Crippen LogP contribution in [-0.4, -0.2) is 30.7 Å². The Labute approximate surface area is 297 Å². The molecule has 0 fully saturated rings. The van der Waals surface area contributed by atoms with Gasteiger partial charge in [-0.25, -0.2) is 0 Å². The Kier molecular flexibility index (Phi) is 17.2. The van der Waals surface area contributed by atoms with Gasteiger partial charge in [-0.05, 0) is 123 Å². The highest BCUT2D eigenvalue weighted by molar-refractivity contribution is 5.93. The van der Waals surface area contributed by atoms with Crippen molar-refractivity contribution in [2.75, 3.05) is 0 Å². The summed E-state index contributed by atoms with van der Waals surface area (Å²) >= 11 is 0. The number of hydrogen-bond donors (Lipinski definition) is 0. The highest BCUT2D eigenvalue weighted by Gasteiger charge is 1.95. The molecular weight excluding hydrogens is 615 g/mol. The van der Waals surface area contributed by atoms with Gasteiger partial charge in [0.25, 0.3) is 0 Å². The van der Waals surface area contributed by atoms with Crippen LogP contribution in [0.2, 0.25) is 0 Å². The summed E-state index contributed by atoms with van der Waals surface area (Å²) in [5, 5.41) is 0. The maximum atomic E-state index is 10.6. The van der Waals surface area contributed by atoms with Gasteiger partial charge in [0.05, 0.1) is 0 Å². The van der Waals surface area contributed by atoms with Gasteiger partial charge in [-0.1, -0.05) is 72.8 Å². The monoisotopic (exact) mass is 659 g/mol. The quantitative estimate of drug-likeness (QED) is 0.175. The zero-order chi connectivity index (χ0) is 35.8. The van der Waals surface area contributed by atoms with Gasteiger partial charge in [0.1, 0.15) is 0 Å². The van der Waals surface area contributed by atoms with Gasteiger partial charge >= 0.3 is 0 Å². The lowest BCUT2D eigenvalue weighted by atomic mass is 10.1. The highest BCUT2D eigenvalue weighted by atomic mass is 16.1. The topological polar surface area (TPSA) is 81.5 Å². The molecule has 2 aromatic carbocycles. The number of rotatable bonds is 4. The molecule has 6 nitrogen and oxygen atoms in total. The fourth-order valence-electron chi connectivity index (χ4n) is 4.46. The molecule has 0 aliphatic heterocycles. The van der Waals surface area contributed by atoms with Gasteiger partial charge < -0.3 is 0 Å². The smallest absolute Gasteiger partial charge is 0.161 e. The van der Waals surface area contributed by atoms with Crippen LogP contribution >= 0.6 is 0 Å². The molecule has 50 heavy (non-hydrogen) atoms. The van der Waals surface area contributed by atoms with Gasteiger partial charge in [-0.2, -0.15) is 0 Å². The summed E-state index contributed by atoms with van der Waals surface area (Å²) in [5.41, 5.74) is 10.4. The van der Waals surface area contributed by atoms with Crippen LogP contribution in [0, 0.1) is 27.7 Å². The molecule has 0 aliphatic carbocycles. The minimum Gasteiger partial charge on any atom is -0.294 e. The van der Waals surface area contributed by atoms with Crippen molar-refractivity contribution < 1.29 is 4.79 Å². The van der Waals surface area contributed by atoms with Crippen molar-refractivity contribution in [3.05, 3.63) is 210 Å². The van der Waals surface area contributed by atoms with E-state index in [1.807, 2.05) is 132 Å². The highest BCUT2D eigenvalue weighted by Crippen LogP contribution is 2.16. The third-order valence-electron chi connectivity index (χ3n) is 6.90. The van der Waals surface area contributed by atoms with Crippen LogP contribution in [0.4, 0.5) is 0 Å². The molecule has 6 heteroatoms. The van der Waals surface area contributed by atoms with E-state index < -0.39 is 0 Å². The minimum atomic E-state index is 0.0584. The average molecular weight is 660 g/mol. The van der Waals surface area contributed by atoms with E-state index in [1.165, 1.54) is 40.3 Å². The Bertz CT molecular complexity index is 1770. The first kappa shape index (κ1) is 38.3. The van der Waals surface area contributed by atoms with Gasteiger partial charge in [-0.15, -0.1) is 0 Å². The van der Waals surface area contributed by atoms with Crippen LogP contribution in [0.25, 0.3) is 11.1 Å². The van der Waals surface area contributed by atoms with E-state index in [2.05, 4.69) is 67.4 Å². The molecule has 7 rings (SSSR count). The van der Waals surface area contributed by atoms with E-state index in [1.54, 1.807) is 24.5 Å². The normalized spacial score (nSPS) is 9.46. The molecule has 0 amide bonds.